The minimum absolute atomic E-state index is 0.0673. The molecule has 1 unspecified atom stereocenters. The molecule has 0 fully saturated rings. The third-order valence-electron chi connectivity index (χ3n) is 12.4. The Morgan fingerprint density at radius 2 is 0.662 bits per heavy atom. The Bertz CT molecular complexity index is 1250. The van der Waals surface area contributed by atoms with Gasteiger partial charge in [0.2, 0.25) is 0 Å². The van der Waals surface area contributed by atoms with E-state index in [2.05, 4.69) is 106 Å². The van der Waals surface area contributed by atoms with Crippen molar-refractivity contribution in [3.8, 4) is 0 Å². The number of rotatable bonds is 53. The lowest BCUT2D eigenvalue weighted by Crippen LogP contribution is -2.30. The summed E-state index contributed by atoms with van der Waals surface area (Å²) in [5.41, 5.74) is 0. The topological polar surface area (TPSA) is 61.8 Å². The fourth-order valence-electron chi connectivity index (χ4n) is 8.10. The molecule has 5 heteroatoms. The van der Waals surface area contributed by atoms with Crippen LogP contribution < -0.4 is 0 Å². The van der Waals surface area contributed by atoms with Crippen molar-refractivity contribution < 1.29 is 23.8 Å². The van der Waals surface area contributed by atoms with E-state index in [-0.39, 0.29) is 25.2 Å². The van der Waals surface area contributed by atoms with Crippen LogP contribution in [0.4, 0.5) is 0 Å². The summed E-state index contributed by atoms with van der Waals surface area (Å²) in [7, 11) is 0. The maximum atomic E-state index is 12.9. The van der Waals surface area contributed by atoms with Gasteiger partial charge in [0.05, 0.1) is 6.61 Å². The van der Waals surface area contributed by atoms with Crippen LogP contribution in [0.2, 0.25) is 0 Å². The van der Waals surface area contributed by atoms with Crippen molar-refractivity contribution in [1.82, 2.24) is 0 Å². The molecule has 0 N–H and O–H groups in total. The monoisotopic (exact) mass is 947 g/mol. The smallest absolute Gasteiger partial charge is 0.306 e. The van der Waals surface area contributed by atoms with Crippen molar-refractivity contribution in [2.24, 2.45) is 0 Å². The van der Waals surface area contributed by atoms with Crippen LogP contribution in [0.15, 0.2) is 85.1 Å². The van der Waals surface area contributed by atoms with E-state index in [1.165, 1.54) is 135 Å². The Morgan fingerprint density at radius 3 is 1.09 bits per heavy atom. The lowest BCUT2D eigenvalue weighted by atomic mass is 10.0. The van der Waals surface area contributed by atoms with Gasteiger partial charge in [-0.05, 0) is 96.3 Å². The first-order chi connectivity index (χ1) is 33.6. The predicted octanol–water partition coefficient (Wildman–Crippen LogP) is 20.0. The van der Waals surface area contributed by atoms with Gasteiger partial charge in [-0.1, -0.05) is 254 Å². The molecule has 0 amide bonds. The number of carbonyl (C=O) groups is 2. The minimum atomic E-state index is -0.557. The molecule has 0 spiro atoms. The van der Waals surface area contributed by atoms with Gasteiger partial charge >= 0.3 is 11.9 Å². The molecule has 1 atom stereocenters. The van der Waals surface area contributed by atoms with E-state index < -0.39 is 6.10 Å². The van der Waals surface area contributed by atoms with Gasteiger partial charge in [-0.2, -0.15) is 0 Å². The number of hydrogen-bond donors (Lipinski definition) is 0. The van der Waals surface area contributed by atoms with Crippen LogP contribution in [0.25, 0.3) is 0 Å². The standard InChI is InChI=1S/C63H110O5/c1-4-7-10-13-16-19-22-25-28-31-32-34-35-38-41-44-47-50-53-56-62(64)67-60-61(59-66-58-55-52-49-46-43-40-37-30-27-24-21-18-15-12-9-6-3)68-63(65)57-54-51-48-45-42-39-36-33-29-26-23-20-17-14-11-8-5-2/h8,11,16-17,19-20,25-26,28-29,32,34,36,39,61H,4-7,9-10,12-15,18,21-24,27,30-31,33,35,37-38,40-60H2,1-3H3/b11-8-,19-16-,20-17-,28-25-,29-26-,34-32-,39-36-. The van der Waals surface area contributed by atoms with Gasteiger partial charge < -0.3 is 14.2 Å². The van der Waals surface area contributed by atoms with Crippen molar-refractivity contribution in [2.75, 3.05) is 19.8 Å². The molecule has 0 saturated heterocycles. The lowest BCUT2D eigenvalue weighted by Gasteiger charge is -2.18. The molecule has 0 saturated carbocycles. The normalized spacial score (nSPS) is 12.8. The van der Waals surface area contributed by atoms with Crippen molar-refractivity contribution in [3.05, 3.63) is 85.1 Å². The molecular weight excluding hydrogens is 837 g/mol. The molecule has 0 bridgehead atoms. The highest BCUT2D eigenvalue weighted by Crippen LogP contribution is 2.15. The average molecular weight is 948 g/mol. The number of carbonyl (C=O) groups excluding carboxylic acids is 2. The molecule has 0 aromatic heterocycles. The summed E-state index contributed by atoms with van der Waals surface area (Å²) in [5.74, 6) is -0.431. The molecule has 0 radical (unpaired) electrons. The summed E-state index contributed by atoms with van der Waals surface area (Å²) >= 11 is 0. The van der Waals surface area contributed by atoms with Crippen molar-refractivity contribution in [3.63, 3.8) is 0 Å². The van der Waals surface area contributed by atoms with Crippen LogP contribution >= 0.6 is 0 Å². The Labute approximate surface area is 422 Å². The first-order valence-electron chi connectivity index (χ1n) is 29.1. The molecule has 0 aromatic carbocycles. The lowest BCUT2D eigenvalue weighted by molar-refractivity contribution is -0.163. The second-order valence-electron chi connectivity index (χ2n) is 19.2. The number of allylic oxidation sites excluding steroid dienone is 14. The maximum absolute atomic E-state index is 12.9. The van der Waals surface area contributed by atoms with Crippen LogP contribution in [0.1, 0.15) is 278 Å². The van der Waals surface area contributed by atoms with Crippen LogP contribution in [0.3, 0.4) is 0 Å². The quantitative estimate of drug-likeness (QED) is 0.0345. The van der Waals surface area contributed by atoms with E-state index in [4.69, 9.17) is 14.2 Å². The molecule has 0 aromatic rings. The van der Waals surface area contributed by atoms with E-state index >= 15 is 0 Å². The third kappa shape index (κ3) is 55.7. The molecule has 0 aliphatic heterocycles. The summed E-state index contributed by atoms with van der Waals surface area (Å²) in [5, 5.41) is 0. The molecule has 0 heterocycles. The number of esters is 2. The van der Waals surface area contributed by atoms with Gasteiger partial charge in [-0.3, -0.25) is 9.59 Å². The summed E-state index contributed by atoms with van der Waals surface area (Å²) < 4.78 is 17.5. The van der Waals surface area contributed by atoms with Gasteiger partial charge in [0.1, 0.15) is 6.61 Å². The predicted molar refractivity (Wildman–Crippen MR) is 297 cm³/mol. The zero-order valence-electron chi connectivity index (χ0n) is 45.1. The van der Waals surface area contributed by atoms with Crippen LogP contribution in [0.5, 0.6) is 0 Å². The molecule has 5 nitrogen and oxygen atoms in total. The molecule has 0 aliphatic carbocycles. The largest absolute Gasteiger partial charge is 0.462 e. The molecule has 392 valence electrons. The van der Waals surface area contributed by atoms with Gasteiger partial charge in [0.25, 0.3) is 0 Å². The van der Waals surface area contributed by atoms with Crippen molar-refractivity contribution >= 4 is 11.9 Å². The summed E-state index contributed by atoms with van der Waals surface area (Å²) in [6.07, 6.45) is 77.4. The second-order valence-corrected chi connectivity index (χ2v) is 19.2. The molecule has 0 rings (SSSR count). The third-order valence-corrected chi connectivity index (χ3v) is 12.4. The van der Waals surface area contributed by atoms with E-state index in [9.17, 15) is 9.59 Å². The summed E-state index contributed by atoms with van der Waals surface area (Å²) in [4.78, 5) is 25.5. The fraction of sp³-hybridized carbons (Fsp3) is 0.746. The number of unbranched alkanes of at least 4 members (excludes halogenated alkanes) is 28. The Morgan fingerprint density at radius 1 is 0.338 bits per heavy atom. The van der Waals surface area contributed by atoms with E-state index in [1.54, 1.807) is 0 Å². The average Bonchev–Trinajstić information content (AvgIpc) is 3.34. The first kappa shape index (κ1) is 65.1. The highest BCUT2D eigenvalue weighted by Gasteiger charge is 2.17. The summed E-state index contributed by atoms with van der Waals surface area (Å²) in [6.45, 7) is 7.68. The Hall–Kier alpha value is -2.92. The maximum Gasteiger partial charge on any atom is 0.306 e. The van der Waals surface area contributed by atoms with Crippen LogP contribution in [-0.2, 0) is 23.8 Å². The van der Waals surface area contributed by atoms with Crippen LogP contribution in [-0.4, -0.2) is 37.9 Å². The highest BCUT2D eigenvalue weighted by molar-refractivity contribution is 5.70. The summed E-state index contributed by atoms with van der Waals surface area (Å²) in [6, 6.07) is 0. The van der Waals surface area contributed by atoms with Crippen molar-refractivity contribution in [1.29, 1.82) is 0 Å². The second kappa shape index (κ2) is 58.4. The van der Waals surface area contributed by atoms with Gasteiger partial charge in [0, 0.05) is 19.4 Å². The SMILES string of the molecule is CC/C=C\C/C=C\C/C=C\C/C=C\CCCCCCC(=O)OC(COCCCCCCCCCCCCCCCCCC)COC(=O)CCCCCCCC/C=C\C/C=C\C/C=C\CCCCC. The zero-order chi connectivity index (χ0) is 49.2. The highest BCUT2D eigenvalue weighted by atomic mass is 16.6. The van der Waals surface area contributed by atoms with Gasteiger partial charge in [-0.25, -0.2) is 0 Å². The molecular formula is C63H110O5. The van der Waals surface area contributed by atoms with E-state index in [1.807, 2.05) is 0 Å². The zero-order valence-corrected chi connectivity index (χ0v) is 45.1. The Kier molecular flexibility index (Phi) is 55.9. The van der Waals surface area contributed by atoms with E-state index in [0.29, 0.717) is 19.4 Å². The van der Waals surface area contributed by atoms with Gasteiger partial charge in [0.15, 0.2) is 6.10 Å². The Balaban J connectivity index is 4.34. The fourth-order valence-corrected chi connectivity index (χ4v) is 8.10. The van der Waals surface area contributed by atoms with Gasteiger partial charge in [-0.15, -0.1) is 0 Å². The van der Waals surface area contributed by atoms with Crippen LogP contribution in [0, 0.1) is 0 Å². The minimum Gasteiger partial charge on any atom is -0.462 e. The van der Waals surface area contributed by atoms with E-state index in [0.717, 1.165) is 109 Å². The van der Waals surface area contributed by atoms with Crippen molar-refractivity contribution in [2.45, 2.75) is 284 Å². The molecule has 68 heavy (non-hydrogen) atoms. The molecule has 0 aliphatic rings. The number of ether oxygens (including phenoxy) is 3. The number of hydrogen-bond acceptors (Lipinski definition) is 5. The first-order valence-corrected chi connectivity index (χ1v) is 29.1.